The maximum absolute atomic E-state index is 14.0. The van der Waals surface area contributed by atoms with E-state index in [9.17, 15) is 78.6 Å². The first-order valence-electron chi connectivity index (χ1n) is 26.8. The molecule has 2 aromatic carbocycles. The molecule has 8 rings (SSSR count). The number of aryl methyl sites for hydroxylation is 1. The van der Waals surface area contributed by atoms with Gasteiger partial charge in [0.1, 0.15) is 62.5 Å². The molecule has 84 heavy (non-hydrogen) atoms. The summed E-state index contributed by atoms with van der Waals surface area (Å²) in [7, 11) is 0. The molecule has 0 radical (unpaired) electrons. The molecule has 0 bridgehead atoms. The molecule has 1 saturated heterocycles. The first-order valence-corrected chi connectivity index (χ1v) is 27.2. The third-order valence-corrected chi connectivity index (χ3v) is 15.1. The molecule has 0 spiro atoms. The Morgan fingerprint density at radius 2 is 1.51 bits per heavy atom. The summed E-state index contributed by atoms with van der Waals surface area (Å²) in [6.45, 7) is -2.65. The van der Waals surface area contributed by atoms with Gasteiger partial charge in [0.25, 0.3) is 5.56 Å². The number of nitrogens with one attached hydrogen (secondary N) is 8. The average Bonchev–Trinajstić information content (AvgIpc) is 1.84. The van der Waals surface area contributed by atoms with Crippen molar-refractivity contribution < 1.29 is 88.0 Å². The summed E-state index contributed by atoms with van der Waals surface area (Å²) in [6.07, 6.45) is -8.96. The number of carboxylic acid groups (broad SMARTS) is 1. The zero-order valence-corrected chi connectivity index (χ0v) is 45.9. The van der Waals surface area contributed by atoms with E-state index in [-0.39, 0.29) is 43.7 Å². The smallest absolute Gasteiger partial charge is 0.405 e. The lowest BCUT2D eigenvalue weighted by molar-refractivity contribution is -0.227. The number of hydrogen-bond acceptors (Lipinski definition) is 19. The summed E-state index contributed by atoms with van der Waals surface area (Å²) in [5.74, 6) is -6.39. The van der Waals surface area contributed by atoms with Crippen molar-refractivity contribution in [2.24, 2.45) is 0 Å². The van der Waals surface area contributed by atoms with Gasteiger partial charge < -0.3 is 92.0 Å². The summed E-state index contributed by atoms with van der Waals surface area (Å²) >= 11 is 6.53. The van der Waals surface area contributed by atoms with E-state index >= 15 is 0 Å². The molecule has 1 fully saturated rings. The van der Waals surface area contributed by atoms with Crippen LogP contribution >= 0.6 is 11.6 Å². The third-order valence-electron chi connectivity index (χ3n) is 14.9. The standard InChI is InChI=1S/C54H63ClN10O19/c1-2-54(81)30-15-35-45-28(20-65(35)51(77)29(30)22-83-52(54)78)44-31(9-8-26-13-27(55)14-33(63-45)43(26)44)61-42(71)23-82-24-60-40(69)18-59-50(76)34(12-25-6-4-3-5-7-25)62-41(70)19-57-39(68)17-58-49(75)32(64-53(79)80)10-11-38(67)56-16-36-46(72)48(74)47(73)37(21-66)84-36/h3-7,13-15,31-32,34,36-37,46-48,64,66,72-74,81H,2,8-12,16-24H2,1H3,(H,56,67)(H,57,68)(H,58,75)(H,59,76)(H,60,69)(H,61,71)(H,62,70)(H,79,80)/t31-,32-,34-,36-,37+,46-,47+,48+,54-/m0/s1. The Balaban J connectivity index is 0.788. The van der Waals surface area contributed by atoms with E-state index in [0.717, 1.165) is 16.5 Å². The van der Waals surface area contributed by atoms with Crippen LogP contribution in [-0.2, 0) is 84.2 Å². The molecule has 2 aromatic heterocycles. The molecular weight excluding hydrogens is 1130 g/mol. The number of fused-ring (bicyclic) bond motifs is 5. The molecule has 4 aliphatic rings. The van der Waals surface area contributed by atoms with Crippen LogP contribution in [0.2, 0.25) is 5.02 Å². The molecule has 450 valence electrons. The Kier molecular flexibility index (Phi) is 19.9. The van der Waals surface area contributed by atoms with E-state index in [2.05, 4.69) is 37.2 Å². The van der Waals surface area contributed by atoms with Crippen LogP contribution in [0.5, 0.6) is 0 Å². The fourth-order valence-electron chi connectivity index (χ4n) is 10.5. The number of rotatable bonds is 24. The number of pyridine rings is 2. The largest absolute Gasteiger partial charge is 0.465 e. The fraction of sp³-hybridized carbons (Fsp3) is 0.463. The third kappa shape index (κ3) is 14.1. The average molecular weight is 1190 g/mol. The summed E-state index contributed by atoms with van der Waals surface area (Å²) in [5, 5.41) is 80.6. The second-order valence-electron chi connectivity index (χ2n) is 20.4. The molecule has 1 aliphatic carbocycles. The van der Waals surface area contributed by atoms with Crippen molar-refractivity contribution in [2.45, 2.75) is 113 Å². The Morgan fingerprint density at radius 3 is 2.21 bits per heavy atom. The van der Waals surface area contributed by atoms with Crippen molar-refractivity contribution in [1.29, 1.82) is 0 Å². The highest BCUT2D eigenvalue weighted by Gasteiger charge is 2.47. The van der Waals surface area contributed by atoms with Crippen molar-refractivity contribution in [3.63, 3.8) is 0 Å². The molecule has 8 amide bonds. The number of aliphatic hydroxyl groups is 5. The lowest BCUT2D eigenvalue weighted by Crippen LogP contribution is -2.60. The van der Waals surface area contributed by atoms with Crippen LogP contribution in [0.15, 0.2) is 53.3 Å². The number of aromatic nitrogens is 2. The van der Waals surface area contributed by atoms with Gasteiger partial charge >= 0.3 is 12.1 Å². The topological polar surface area (TPSA) is 434 Å². The Bertz CT molecular complexity index is 3290. The number of halogens is 1. The monoisotopic (exact) mass is 1190 g/mol. The second kappa shape index (κ2) is 27.0. The Labute approximate surface area is 482 Å². The van der Waals surface area contributed by atoms with Gasteiger partial charge in [-0.1, -0.05) is 48.9 Å². The van der Waals surface area contributed by atoms with E-state index in [1.165, 1.54) is 4.57 Å². The van der Waals surface area contributed by atoms with Crippen molar-refractivity contribution in [1.82, 2.24) is 52.1 Å². The lowest BCUT2D eigenvalue weighted by Gasteiger charge is -2.40. The number of esters is 1. The highest BCUT2D eigenvalue weighted by atomic mass is 35.5. The maximum atomic E-state index is 14.0. The molecule has 0 unspecified atom stereocenters. The van der Waals surface area contributed by atoms with Gasteiger partial charge in [0.15, 0.2) is 5.60 Å². The highest BCUT2D eigenvalue weighted by Crippen LogP contribution is 2.45. The van der Waals surface area contributed by atoms with Crippen molar-refractivity contribution in [3.8, 4) is 11.4 Å². The highest BCUT2D eigenvalue weighted by molar-refractivity contribution is 6.31. The van der Waals surface area contributed by atoms with E-state index in [0.29, 0.717) is 45.9 Å². The van der Waals surface area contributed by atoms with Gasteiger partial charge in [-0.2, -0.15) is 0 Å². The molecule has 29 nitrogen and oxygen atoms in total. The minimum atomic E-state index is -2.03. The summed E-state index contributed by atoms with van der Waals surface area (Å²) < 4.78 is 17.5. The fourth-order valence-corrected chi connectivity index (χ4v) is 10.7. The summed E-state index contributed by atoms with van der Waals surface area (Å²) in [4.78, 5) is 134. The number of amides is 8. The number of benzene rings is 2. The molecule has 0 saturated carbocycles. The van der Waals surface area contributed by atoms with Crippen LogP contribution in [0.4, 0.5) is 4.79 Å². The number of cyclic esters (lactones) is 1. The van der Waals surface area contributed by atoms with Gasteiger partial charge in [0, 0.05) is 40.9 Å². The van der Waals surface area contributed by atoms with Crippen molar-refractivity contribution >= 4 is 75.9 Å². The van der Waals surface area contributed by atoms with Gasteiger partial charge in [0.05, 0.1) is 61.3 Å². The zero-order chi connectivity index (χ0) is 60.6. The number of ether oxygens (including phenoxy) is 3. The Morgan fingerprint density at radius 1 is 0.821 bits per heavy atom. The number of nitrogens with zero attached hydrogens (tertiary/aromatic N) is 2. The van der Waals surface area contributed by atoms with Crippen LogP contribution in [0.3, 0.4) is 0 Å². The van der Waals surface area contributed by atoms with Crippen molar-refractivity contribution in [3.05, 3.63) is 97.3 Å². The van der Waals surface area contributed by atoms with E-state index in [4.69, 9.17) is 30.8 Å². The molecule has 4 aromatic rings. The zero-order valence-electron chi connectivity index (χ0n) is 45.1. The minimum absolute atomic E-state index is 0.0377. The molecule has 14 N–H and O–H groups in total. The van der Waals surface area contributed by atoms with Crippen LogP contribution in [-0.4, -0.2) is 182 Å². The van der Waals surface area contributed by atoms with Gasteiger partial charge in [-0.05, 0) is 60.6 Å². The van der Waals surface area contributed by atoms with E-state index < -0.39 is 166 Å². The molecular formula is C54H63ClN10O19. The minimum Gasteiger partial charge on any atom is -0.465 e. The first-order chi connectivity index (χ1) is 40.1. The van der Waals surface area contributed by atoms with E-state index in [1.54, 1.807) is 49.4 Å². The number of carbonyl (C=O) groups is 9. The predicted molar refractivity (Wildman–Crippen MR) is 290 cm³/mol. The van der Waals surface area contributed by atoms with Gasteiger partial charge in [-0.3, -0.25) is 38.4 Å². The van der Waals surface area contributed by atoms with Crippen molar-refractivity contribution in [2.75, 3.05) is 46.1 Å². The summed E-state index contributed by atoms with van der Waals surface area (Å²) in [6, 6.07) is 10.2. The molecule has 3 aliphatic heterocycles. The maximum Gasteiger partial charge on any atom is 0.405 e. The first kappa shape index (κ1) is 61.9. The lowest BCUT2D eigenvalue weighted by atomic mass is 9.83. The van der Waals surface area contributed by atoms with Crippen LogP contribution in [0.25, 0.3) is 22.3 Å². The molecule has 9 atom stereocenters. The molecule has 5 heterocycles. The van der Waals surface area contributed by atoms with Gasteiger partial charge in [0.2, 0.25) is 41.4 Å². The van der Waals surface area contributed by atoms with E-state index in [1.807, 2.05) is 11.4 Å². The second-order valence-corrected chi connectivity index (χ2v) is 20.8. The van der Waals surface area contributed by atoms with Crippen LogP contribution < -0.4 is 48.1 Å². The number of hydrogen-bond donors (Lipinski definition) is 14. The normalized spacial score (nSPS) is 21.7. The van der Waals surface area contributed by atoms with Gasteiger partial charge in [-0.25, -0.2) is 14.6 Å². The predicted octanol–water partition coefficient (Wildman–Crippen LogP) is -3.62. The van der Waals surface area contributed by atoms with Crippen LogP contribution in [0.1, 0.15) is 72.0 Å². The molecule has 30 heteroatoms. The quantitative estimate of drug-likeness (QED) is 0.0161. The number of carbonyl (C=O) groups excluding carboxylic acids is 8. The SMILES string of the molecule is CC[C@@]1(O)C(=O)OCc2c1cc1n(c2=O)Cc2c-1nc1cc(Cl)cc3c1c2[C@@H](NC(=O)COCNC(=O)CNC(=O)[C@H](Cc1ccccc1)NC(=O)CNC(=O)CNC(=O)[C@H](CCC(=O)NC[C@@H]1O[C@H](CO)[C@@H](O)[C@H](O)[C@H]1O)NC(=O)O)CC3. The van der Waals surface area contributed by atoms with Gasteiger partial charge in [-0.15, -0.1) is 0 Å². The summed E-state index contributed by atoms with van der Waals surface area (Å²) in [5.41, 5.74) is 2.05. The number of aliphatic hydroxyl groups excluding tert-OH is 4. The Hall–Kier alpha value is -8.16. The van der Waals surface area contributed by atoms with Crippen LogP contribution in [0, 0.1) is 0 Å².